The molecule has 5 rings (SSSR count). The predicted molar refractivity (Wildman–Crippen MR) is 103 cm³/mol. The first-order chi connectivity index (χ1) is 12.9. The Labute approximate surface area is 161 Å². The molecule has 5 nitrogen and oxygen atoms in total. The molecule has 1 atom stereocenters. The predicted octanol–water partition coefficient (Wildman–Crippen LogP) is 3.06. The molecule has 1 aromatic rings. The lowest BCUT2D eigenvalue weighted by Crippen LogP contribution is -2.58. The first kappa shape index (κ1) is 18.5. The average Bonchev–Trinajstić information content (AvgIpc) is 2.63. The second-order valence-corrected chi connectivity index (χ2v) is 9.47. The van der Waals surface area contributed by atoms with Gasteiger partial charge >= 0.3 is 0 Å². The molecule has 4 fully saturated rings. The Morgan fingerprint density at radius 3 is 2.30 bits per heavy atom. The van der Waals surface area contributed by atoms with E-state index in [0.717, 1.165) is 42.6 Å². The van der Waals surface area contributed by atoms with Crippen LogP contribution in [0.4, 0.5) is 0 Å². The van der Waals surface area contributed by atoms with Crippen molar-refractivity contribution in [2.24, 2.45) is 29.1 Å². The van der Waals surface area contributed by atoms with Gasteiger partial charge in [0.15, 0.2) is 0 Å². The largest absolute Gasteiger partial charge is 0.350 e. The van der Waals surface area contributed by atoms with E-state index in [1.807, 2.05) is 26.0 Å². The van der Waals surface area contributed by atoms with E-state index < -0.39 is 6.04 Å². The summed E-state index contributed by atoms with van der Waals surface area (Å²) in [6.45, 7) is 4.42. The summed E-state index contributed by atoms with van der Waals surface area (Å²) in [5.74, 6) is 2.23. The number of carbonyl (C=O) groups excluding carboxylic acids is 2. The van der Waals surface area contributed by atoms with Gasteiger partial charge in [0.2, 0.25) is 11.8 Å². The number of hydrogen-bond acceptors (Lipinski definition) is 3. The average molecular weight is 370 g/mol. The third-order valence-electron chi connectivity index (χ3n) is 6.95. The molecule has 146 valence electrons. The van der Waals surface area contributed by atoms with Gasteiger partial charge in [-0.1, -0.05) is 19.9 Å². The van der Waals surface area contributed by atoms with Crippen LogP contribution < -0.4 is 10.6 Å². The summed E-state index contributed by atoms with van der Waals surface area (Å²) in [6.07, 6.45) is 10.5. The molecular formula is C22H31N3O2. The van der Waals surface area contributed by atoms with Crippen LogP contribution in [0.2, 0.25) is 0 Å². The Morgan fingerprint density at radius 2 is 1.78 bits per heavy atom. The van der Waals surface area contributed by atoms with Gasteiger partial charge in [-0.25, -0.2) is 0 Å². The van der Waals surface area contributed by atoms with E-state index in [9.17, 15) is 9.59 Å². The van der Waals surface area contributed by atoms with Crippen LogP contribution in [0.1, 0.15) is 57.9 Å². The molecule has 4 aliphatic rings. The van der Waals surface area contributed by atoms with Crippen LogP contribution in [0.3, 0.4) is 0 Å². The minimum Gasteiger partial charge on any atom is -0.350 e. The molecule has 1 heterocycles. The molecule has 2 N–H and O–H groups in total. The minimum absolute atomic E-state index is 0.0526. The second kappa shape index (κ2) is 7.25. The fourth-order valence-electron chi connectivity index (χ4n) is 6.02. The van der Waals surface area contributed by atoms with Crippen molar-refractivity contribution in [2.75, 3.05) is 0 Å². The van der Waals surface area contributed by atoms with Crippen molar-refractivity contribution in [1.29, 1.82) is 0 Å². The minimum atomic E-state index is -0.484. The SMILES string of the molecule is CC(C)[C@H](NC(=O)C12CC3CC(CC(C3)C1)C2)C(=O)NCc1cccnc1. The van der Waals surface area contributed by atoms with Crippen LogP contribution in [0, 0.1) is 29.1 Å². The Kier molecular flexibility index (Phi) is 4.95. The molecule has 0 saturated heterocycles. The summed E-state index contributed by atoms with van der Waals surface area (Å²) < 4.78 is 0. The number of aromatic nitrogens is 1. The Balaban J connectivity index is 1.40. The molecule has 4 saturated carbocycles. The number of carbonyl (C=O) groups is 2. The van der Waals surface area contributed by atoms with Gasteiger partial charge in [-0.3, -0.25) is 14.6 Å². The number of hydrogen-bond donors (Lipinski definition) is 2. The molecule has 0 spiro atoms. The zero-order valence-electron chi connectivity index (χ0n) is 16.4. The van der Waals surface area contributed by atoms with Crippen molar-refractivity contribution < 1.29 is 9.59 Å². The molecule has 0 aromatic carbocycles. The van der Waals surface area contributed by atoms with E-state index in [1.165, 1.54) is 19.3 Å². The highest BCUT2D eigenvalue weighted by Gasteiger charge is 2.55. The summed E-state index contributed by atoms with van der Waals surface area (Å²) >= 11 is 0. The molecule has 4 aliphatic carbocycles. The summed E-state index contributed by atoms with van der Waals surface area (Å²) in [5.41, 5.74) is 0.742. The lowest BCUT2D eigenvalue weighted by molar-refractivity contribution is -0.149. The summed E-state index contributed by atoms with van der Waals surface area (Å²) in [6, 6.07) is 3.31. The monoisotopic (exact) mass is 369 g/mol. The quantitative estimate of drug-likeness (QED) is 0.810. The van der Waals surface area contributed by atoms with Crippen LogP contribution in [-0.2, 0) is 16.1 Å². The van der Waals surface area contributed by atoms with E-state index in [2.05, 4.69) is 15.6 Å². The van der Waals surface area contributed by atoms with Crippen molar-refractivity contribution in [2.45, 2.75) is 65.0 Å². The molecular weight excluding hydrogens is 338 g/mol. The fourth-order valence-corrected chi connectivity index (χ4v) is 6.02. The van der Waals surface area contributed by atoms with E-state index in [1.54, 1.807) is 12.4 Å². The van der Waals surface area contributed by atoms with E-state index in [0.29, 0.717) is 6.54 Å². The summed E-state index contributed by atoms with van der Waals surface area (Å²) in [7, 11) is 0. The van der Waals surface area contributed by atoms with Crippen LogP contribution in [0.25, 0.3) is 0 Å². The fraction of sp³-hybridized carbons (Fsp3) is 0.682. The zero-order chi connectivity index (χ0) is 19.0. The third kappa shape index (κ3) is 3.74. The number of pyridine rings is 1. The highest BCUT2D eigenvalue weighted by molar-refractivity contribution is 5.90. The summed E-state index contributed by atoms with van der Waals surface area (Å²) in [4.78, 5) is 30.1. The molecule has 2 amide bonds. The topological polar surface area (TPSA) is 71.1 Å². The number of amides is 2. The normalized spacial score (nSPS) is 32.3. The van der Waals surface area contributed by atoms with E-state index in [-0.39, 0.29) is 23.1 Å². The standard InChI is InChI=1S/C22H31N3O2/c1-14(2)19(20(26)24-13-15-4-3-5-23-12-15)25-21(27)22-9-16-6-17(10-22)8-18(7-16)11-22/h3-5,12,14,16-19H,6-11,13H2,1-2H3,(H,24,26)(H,25,27)/t16?,17?,18?,19-,22?/m0/s1. The highest BCUT2D eigenvalue weighted by Crippen LogP contribution is 2.60. The van der Waals surface area contributed by atoms with Crippen molar-refractivity contribution in [3.05, 3.63) is 30.1 Å². The maximum absolute atomic E-state index is 13.3. The molecule has 27 heavy (non-hydrogen) atoms. The Hall–Kier alpha value is -1.91. The van der Waals surface area contributed by atoms with Gasteiger partial charge in [-0.2, -0.15) is 0 Å². The van der Waals surface area contributed by atoms with Crippen molar-refractivity contribution in [3.8, 4) is 0 Å². The molecule has 0 radical (unpaired) electrons. The van der Waals surface area contributed by atoms with Crippen molar-refractivity contribution in [3.63, 3.8) is 0 Å². The molecule has 5 heteroatoms. The Bertz CT molecular complexity index is 665. The number of nitrogens with one attached hydrogen (secondary N) is 2. The van der Waals surface area contributed by atoms with Gasteiger partial charge in [-0.05, 0) is 73.8 Å². The van der Waals surface area contributed by atoms with Crippen LogP contribution in [0.15, 0.2) is 24.5 Å². The van der Waals surface area contributed by atoms with Gasteiger partial charge in [0.25, 0.3) is 0 Å². The first-order valence-corrected chi connectivity index (χ1v) is 10.4. The van der Waals surface area contributed by atoms with Crippen molar-refractivity contribution in [1.82, 2.24) is 15.6 Å². The maximum Gasteiger partial charge on any atom is 0.243 e. The highest BCUT2D eigenvalue weighted by atomic mass is 16.2. The molecule has 1 aromatic heterocycles. The van der Waals surface area contributed by atoms with E-state index >= 15 is 0 Å². The molecule has 4 bridgehead atoms. The van der Waals surface area contributed by atoms with E-state index in [4.69, 9.17) is 0 Å². The number of rotatable bonds is 6. The third-order valence-corrected chi connectivity index (χ3v) is 6.95. The smallest absolute Gasteiger partial charge is 0.243 e. The van der Waals surface area contributed by atoms with Crippen LogP contribution in [0.5, 0.6) is 0 Å². The summed E-state index contributed by atoms with van der Waals surface area (Å²) in [5, 5.41) is 6.11. The van der Waals surface area contributed by atoms with Gasteiger partial charge in [0.1, 0.15) is 6.04 Å². The van der Waals surface area contributed by atoms with Crippen LogP contribution >= 0.6 is 0 Å². The lowest BCUT2D eigenvalue weighted by atomic mass is 9.49. The Morgan fingerprint density at radius 1 is 1.15 bits per heavy atom. The zero-order valence-corrected chi connectivity index (χ0v) is 16.4. The first-order valence-electron chi connectivity index (χ1n) is 10.4. The van der Waals surface area contributed by atoms with Gasteiger partial charge in [0, 0.05) is 24.4 Å². The molecule has 0 aliphatic heterocycles. The second-order valence-electron chi connectivity index (χ2n) is 9.47. The lowest BCUT2D eigenvalue weighted by Gasteiger charge is -2.55. The van der Waals surface area contributed by atoms with Gasteiger partial charge in [-0.15, -0.1) is 0 Å². The van der Waals surface area contributed by atoms with Crippen molar-refractivity contribution >= 4 is 11.8 Å². The van der Waals surface area contributed by atoms with Gasteiger partial charge in [0.05, 0.1) is 0 Å². The molecule has 0 unspecified atom stereocenters. The van der Waals surface area contributed by atoms with Crippen LogP contribution in [-0.4, -0.2) is 22.8 Å². The van der Waals surface area contributed by atoms with Gasteiger partial charge < -0.3 is 10.6 Å². The number of nitrogens with zero attached hydrogens (tertiary/aromatic N) is 1. The maximum atomic E-state index is 13.3.